The Labute approximate surface area is 175 Å². The first-order valence-corrected chi connectivity index (χ1v) is 9.08. The monoisotopic (exact) mass is 415 g/mol. The number of hydrogen-bond acceptors (Lipinski definition) is 2. The summed E-state index contributed by atoms with van der Waals surface area (Å²) in [7, 11) is 0. The summed E-state index contributed by atoms with van der Waals surface area (Å²) in [4.78, 5) is 4.26. The summed E-state index contributed by atoms with van der Waals surface area (Å²) in [5, 5.41) is 16.9. The van der Waals surface area contributed by atoms with Crippen LogP contribution in [0, 0.1) is 0 Å². The molecule has 0 amide bonds. The standard InChI is InChI=1S/C24H21N2O.Cu/c25-23(14-17-8-2-1-3-9-17)24(27)26-16-22-20-12-6-4-10-18(20)15-19-11-5-7-13-21(19)22;/h1-13,15,23,25H,14,16H2,(H,26,27);/q-1;+2/p-1. The van der Waals surface area contributed by atoms with Crippen LogP contribution in [0.4, 0.5) is 0 Å². The van der Waals surface area contributed by atoms with Gasteiger partial charge in [-0.3, -0.25) is 0 Å². The fourth-order valence-corrected chi connectivity index (χ4v) is 3.48. The molecule has 0 fully saturated rings. The molecule has 1 atom stereocenters. The van der Waals surface area contributed by atoms with E-state index in [1.807, 2.05) is 54.6 Å². The Balaban J connectivity index is 0.00000225. The zero-order valence-electron chi connectivity index (χ0n) is 15.2. The zero-order chi connectivity index (χ0) is 18.6. The molecule has 0 heterocycles. The van der Waals surface area contributed by atoms with Gasteiger partial charge in [0, 0.05) is 0 Å². The van der Waals surface area contributed by atoms with Crippen molar-refractivity contribution < 1.29 is 22.2 Å². The Bertz CT molecular complexity index is 1060. The number of nitrogens with zero attached hydrogens (tertiary/aromatic N) is 1. The van der Waals surface area contributed by atoms with Crippen molar-refractivity contribution >= 4 is 27.4 Å². The largest absolute Gasteiger partial charge is 2.00 e. The van der Waals surface area contributed by atoms with E-state index in [0.29, 0.717) is 13.0 Å². The van der Waals surface area contributed by atoms with Gasteiger partial charge < -0.3 is 15.8 Å². The molecule has 0 saturated heterocycles. The summed E-state index contributed by atoms with van der Waals surface area (Å²) in [6.45, 7) is 0.296. The van der Waals surface area contributed by atoms with Gasteiger partial charge in [-0.2, -0.15) is 0 Å². The fraction of sp³-hybridized carbons (Fsp3) is 0.125. The molecular formula is C24H20CuN2O. The second kappa shape index (κ2) is 9.03. The van der Waals surface area contributed by atoms with Crippen LogP contribution >= 0.6 is 0 Å². The molecule has 0 aromatic heterocycles. The second-order valence-electron chi connectivity index (χ2n) is 6.69. The molecule has 143 valence electrons. The second-order valence-corrected chi connectivity index (χ2v) is 6.69. The minimum Gasteiger partial charge on any atom is -0.863 e. The van der Waals surface area contributed by atoms with Gasteiger partial charge in [-0.1, -0.05) is 84.8 Å². The summed E-state index contributed by atoms with van der Waals surface area (Å²) in [6, 6.07) is 27.3. The molecule has 4 aromatic carbocycles. The van der Waals surface area contributed by atoms with E-state index in [9.17, 15) is 5.11 Å². The molecule has 0 spiro atoms. The number of nitrogens with one attached hydrogen (secondary N) is 1. The Morgan fingerprint density at radius 3 is 1.96 bits per heavy atom. The van der Waals surface area contributed by atoms with Crippen LogP contribution in [-0.4, -0.2) is 11.9 Å². The van der Waals surface area contributed by atoms with Gasteiger partial charge >= 0.3 is 17.1 Å². The third-order valence-corrected chi connectivity index (χ3v) is 4.86. The number of rotatable bonds is 5. The maximum Gasteiger partial charge on any atom is 2.00 e. The van der Waals surface area contributed by atoms with Crippen LogP contribution in [0.5, 0.6) is 0 Å². The first kappa shape index (κ1) is 20.1. The molecule has 0 aliphatic heterocycles. The topological polar surface area (TPSA) is 59.2 Å². The normalized spacial score (nSPS) is 12.7. The van der Waals surface area contributed by atoms with Gasteiger partial charge in [0.05, 0.1) is 6.54 Å². The number of fused-ring (bicyclic) bond motifs is 2. The van der Waals surface area contributed by atoms with Crippen molar-refractivity contribution in [3.63, 3.8) is 0 Å². The number of benzene rings is 4. The molecule has 0 saturated carbocycles. The number of aliphatic imine (C=N–C) groups is 1. The van der Waals surface area contributed by atoms with Crippen LogP contribution in [0.1, 0.15) is 11.1 Å². The quantitative estimate of drug-likeness (QED) is 0.197. The van der Waals surface area contributed by atoms with E-state index in [2.05, 4.69) is 35.3 Å². The molecule has 4 rings (SSSR count). The van der Waals surface area contributed by atoms with Gasteiger partial charge in [-0.05, 0) is 45.2 Å². The summed E-state index contributed by atoms with van der Waals surface area (Å²) in [6.07, 6.45) is 0.388. The Kier molecular flexibility index (Phi) is 6.48. The van der Waals surface area contributed by atoms with Crippen molar-refractivity contribution in [2.24, 2.45) is 4.99 Å². The molecular weight excluding hydrogens is 396 g/mol. The van der Waals surface area contributed by atoms with E-state index in [0.717, 1.165) is 32.7 Å². The average Bonchev–Trinajstić information content (AvgIpc) is 2.71. The van der Waals surface area contributed by atoms with E-state index in [4.69, 9.17) is 5.73 Å². The maximum atomic E-state index is 12.4. The zero-order valence-corrected chi connectivity index (χ0v) is 16.2. The summed E-state index contributed by atoms with van der Waals surface area (Å²) in [5.74, 6) is -0.365. The smallest absolute Gasteiger partial charge is 0.863 e. The molecule has 4 aromatic rings. The average molecular weight is 416 g/mol. The van der Waals surface area contributed by atoms with E-state index in [1.165, 1.54) is 0 Å². The molecule has 1 unspecified atom stereocenters. The van der Waals surface area contributed by atoms with Gasteiger partial charge in [0.2, 0.25) is 0 Å². The number of hydrogen-bond donors (Lipinski definition) is 0. The van der Waals surface area contributed by atoms with Gasteiger partial charge in [0.15, 0.2) is 0 Å². The SMILES string of the molecule is [Cu+2].[NH-]C(Cc1ccccc1)C([O-])=NCc1c2ccccc2cc2ccccc12. The predicted molar refractivity (Wildman–Crippen MR) is 111 cm³/mol. The van der Waals surface area contributed by atoms with Crippen molar-refractivity contribution in [3.05, 3.63) is 102 Å². The van der Waals surface area contributed by atoms with Crippen molar-refractivity contribution in [2.75, 3.05) is 0 Å². The molecule has 1 N–H and O–H groups in total. The van der Waals surface area contributed by atoms with Gasteiger partial charge in [-0.15, -0.1) is 6.04 Å². The Morgan fingerprint density at radius 1 is 0.821 bits per heavy atom. The molecule has 1 radical (unpaired) electrons. The van der Waals surface area contributed by atoms with Crippen molar-refractivity contribution in [2.45, 2.75) is 19.0 Å². The first-order chi connectivity index (χ1) is 13.2. The van der Waals surface area contributed by atoms with Crippen LogP contribution in [-0.2, 0) is 30.0 Å². The molecule has 0 aliphatic carbocycles. The van der Waals surface area contributed by atoms with Crippen molar-refractivity contribution in [3.8, 4) is 0 Å². The first-order valence-electron chi connectivity index (χ1n) is 9.08. The third kappa shape index (κ3) is 4.26. The van der Waals surface area contributed by atoms with E-state index >= 15 is 0 Å². The van der Waals surface area contributed by atoms with Crippen molar-refractivity contribution in [1.29, 1.82) is 0 Å². The van der Waals surface area contributed by atoms with Crippen LogP contribution in [0.3, 0.4) is 0 Å². The minimum absolute atomic E-state index is 0. The van der Waals surface area contributed by atoms with Gasteiger partial charge in [-0.25, -0.2) is 0 Å². The predicted octanol–water partition coefficient (Wildman–Crippen LogP) is 4.91. The molecule has 0 bridgehead atoms. The van der Waals surface area contributed by atoms with Crippen LogP contribution in [0.2, 0.25) is 0 Å². The van der Waals surface area contributed by atoms with Crippen molar-refractivity contribution in [1.82, 2.24) is 0 Å². The van der Waals surface area contributed by atoms with Gasteiger partial charge in [0.1, 0.15) is 0 Å². The van der Waals surface area contributed by atoms with Crippen LogP contribution in [0.15, 0.2) is 89.9 Å². The van der Waals surface area contributed by atoms with Crippen LogP contribution < -0.4 is 5.11 Å². The minimum atomic E-state index is -0.867. The van der Waals surface area contributed by atoms with E-state index < -0.39 is 6.04 Å². The molecule has 3 nitrogen and oxygen atoms in total. The maximum absolute atomic E-state index is 12.4. The fourth-order valence-electron chi connectivity index (χ4n) is 3.48. The van der Waals surface area contributed by atoms with Gasteiger partial charge in [0.25, 0.3) is 0 Å². The summed E-state index contributed by atoms with van der Waals surface area (Å²) in [5.41, 5.74) is 10.2. The summed E-state index contributed by atoms with van der Waals surface area (Å²) >= 11 is 0. The van der Waals surface area contributed by atoms with E-state index in [1.54, 1.807) is 0 Å². The molecule has 0 aliphatic rings. The summed E-state index contributed by atoms with van der Waals surface area (Å²) < 4.78 is 0. The van der Waals surface area contributed by atoms with Crippen LogP contribution in [0.25, 0.3) is 27.3 Å². The third-order valence-electron chi connectivity index (χ3n) is 4.86. The molecule has 28 heavy (non-hydrogen) atoms. The molecule has 4 heteroatoms. The van der Waals surface area contributed by atoms with E-state index in [-0.39, 0.29) is 23.0 Å². The Morgan fingerprint density at radius 2 is 1.36 bits per heavy atom. The Hall–Kier alpha value is -2.65.